The van der Waals surface area contributed by atoms with E-state index in [4.69, 9.17) is 16.3 Å². The highest BCUT2D eigenvalue weighted by Crippen LogP contribution is 2.35. The number of benzene rings is 1. The Morgan fingerprint density at radius 1 is 1.37 bits per heavy atom. The summed E-state index contributed by atoms with van der Waals surface area (Å²) >= 11 is 5.77. The highest BCUT2D eigenvalue weighted by atomic mass is 35.5. The van der Waals surface area contributed by atoms with E-state index in [-0.39, 0.29) is 16.5 Å². The average molecular weight is 280 g/mol. The lowest BCUT2D eigenvalue weighted by Crippen LogP contribution is -1.99. The molecule has 7 heteroatoms. The van der Waals surface area contributed by atoms with Gasteiger partial charge in [-0.25, -0.2) is 9.97 Å². The molecule has 0 aliphatic heterocycles. The predicted octanol–water partition coefficient (Wildman–Crippen LogP) is 3.02. The molecule has 0 amide bonds. The van der Waals surface area contributed by atoms with Crippen molar-refractivity contribution in [2.45, 2.75) is 6.92 Å². The van der Waals surface area contributed by atoms with E-state index >= 15 is 0 Å². The van der Waals surface area contributed by atoms with Gasteiger partial charge in [-0.1, -0.05) is 11.6 Å². The van der Waals surface area contributed by atoms with E-state index in [2.05, 4.69) is 9.97 Å². The van der Waals surface area contributed by atoms with Crippen molar-refractivity contribution in [1.29, 1.82) is 0 Å². The minimum absolute atomic E-state index is 0.176. The summed E-state index contributed by atoms with van der Waals surface area (Å²) in [4.78, 5) is 18.1. The fraction of sp³-hybridized carbons (Fsp3) is 0.167. The van der Waals surface area contributed by atoms with Crippen molar-refractivity contribution >= 4 is 17.3 Å². The second kappa shape index (κ2) is 5.19. The van der Waals surface area contributed by atoms with Gasteiger partial charge in [-0.3, -0.25) is 10.1 Å². The number of ether oxygens (including phenoxy) is 1. The number of hydrogen-bond donors (Lipinski definition) is 0. The lowest BCUT2D eigenvalue weighted by atomic mass is 10.0. The average Bonchev–Trinajstić information content (AvgIpc) is 2.37. The fourth-order valence-electron chi connectivity index (χ4n) is 1.75. The summed E-state index contributed by atoms with van der Waals surface area (Å²) in [6, 6.07) is 5.19. The zero-order valence-corrected chi connectivity index (χ0v) is 11.0. The van der Waals surface area contributed by atoms with E-state index < -0.39 is 4.92 Å². The van der Waals surface area contributed by atoms with Gasteiger partial charge in [0, 0.05) is 5.56 Å². The van der Waals surface area contributed by atoms with Crippen LogP contribution in [-0.4, -0.2) is 22.0 Å². The van der Waals surface area contributed by atoms with Crippen LogP contribution in [0.25, 0.3) is 11.3 Å². The van der Waals surface area contributed by atoms with Gasteiger partial charge >= 0.3 is 5.69 Å². The maximum atomic E-state index is 11.1. The van der Waals surface area contributed by atoms with Gasteiger partial charge in [0.15, 0.2) is 5.69 Å². The first-order valence-electron chi connectivity index (χ1n) is 5.34. The Labute approximate surface area is 114 Å². The summed E-state index contributed by atoms with van der Waals surface area (Å²) in [5.74, 6) is 0.670. The van der Waals surface area contributed by atoms with Crippen molar-refractivity contribution in [2.24, 2.45) is 0 Å². The van der Waals surface area contributed by atoms with Crippen LogP contribution in [0, 0.1) is 17.0 Å². The number of aryl methyl sites for hydroxylation is 1. The molecule has 0 saturated carbocycles. The van der Waals surface area contributed by atoms with Gasteiger partial charge < -0.3 is 4.74 Å². The van der Waals surface area contributed by atoms with Gasteiger partial charge in [0.25, 0.3) is 0 Å². The van der Waals surface area contributed by atoms with Crippen LogP contribution in [0.3, 0.4) is 0 Å². The predicted molar refractivity (Wildman–Crippen MR) is 70.4 cm³/mol. The second-order valence-corrected chi connectivity index (χ2v) is 4.16. The second-order valence-electron chi connectivity index (χ2n) is 3.80. The van der Waals surface area contributed by atoms with Crippen molar-refractivity contribution < 1.29 is 9.66 Å². The van der Waals surface area contributed by atoms with Crippen LogP contribution in [0.5, 0.6) is 5.75 Å². The van der Waals surface area contributed by atoms with E-state index in [0.717, 1.165) is 5.56 Å². The minimum Gasteiger partial charge on any atom is -0.497 e. The monoisotopic (exact) mass is 279 g/mol. The van der Waals surface area contributed by atoms with E-state index in [9.17, 15) is 10.1 Å². The van der Waals surface area contributed by atoms with E-state index in [1.165, 1.54) is 6.33 Å². The van der Waals surface area contributed by atoms with Crippen LogP contribution >= 0.6 is 11.6 Å². The molecule has 19 heavy (non-hydrogen) atoms. The third-order valence-corrected chi connectivity index (χ3v) is 2.93. The topological polar surface area (TPSA) is 78.2 Å². The first kappa shape index (κ1) is 13.2. The fourth-order valence-corrected chi connectivity index (χ4v) is 1.95. The van der Waals surface area contributed by atoms with E-state index in [0.29, 0.717) is 11.3 Å². The molecule has 1 aromatic heterocycles. The number of halogens is 1. The standard InChI is InChI=1S/C12H10ClN3O3/c1-7-5-8(19-2)3-4-9(7)10-11(16(17)18)12(13)15-6-14-10/h3-6H,1-2H3. The molecule has 98 valence electrons. The third kappa shape index (κ3) is 2.48. The van der Waals surface area contributed by atoms with Crippen LogP contribution in [-0.2, 0) is 0 Å². The normalized spacial score (nSPS) is 10.3. The highest BCUT2D eigenvalue weighted by Gasteiger charge is 2.23. The molecule has 1 heterocycles. The molecule has 1 aromatic carbocycles. The number of nitrogens with zero attached hydrogens (tertiary/aromatic N) is 3. The lowest BCUT2D eigenvalue weighted by Gasteiger charge is -2.08. The molecule has 0 bridgehead atoms. The zero-order chi connectivity index (χ0) is 14.0. The van der Waals surface area contributed by atoms with Gasteiger partial charge in [0.2, 0.25) is 5.15 Å². The first-order valence-corrected chi connectivity index (χ1v) is 5.72. The molecular weight excluding hydrogens is 270 g/mol. The van der Waals surface area contributed by atoms with Crippen LogP contribution in [0.2, 0.25) is 5.15 Å². The summed E-state index contributed by atoms with van der Waals surface area (Å²) in [6.45, 7) is 1.82. The van der Waals surface area contributed by atoms with Crippen LogP contribution < -0.4 is 4.74 Å². The van der Waals surface area contributed by atoms with Gasteiger partial charge in [-0.05, 0) is 30.7 Å². The van der Waals surface area contributed by atoms with Gasteiger partial charge in [-0.15, -0.1) is 0 Å². The summed E-state index contributed by atoms with van der Waals surface area (Å²) < 4.78 is 5.09. The molecule has 0 unspecified atom stereocenters. The molecular formula is C12H10ClN3O3. The summed E-state index contributed by atoms with van der Waals surface area (Å²) in [7, 11) is 1.55. The van der Waals surface area contributed by atoms with E-state index in [1.807, 2.05) is 6.92 Å². The molecule has 2 aromatic rings. The number of hydrogen-bond acceptors (Lipinski definition) is 5. The molecule has 0 aliphatic carbocycles. The van der Waals surface area contributed by atoms with Crippen molar-refractivity contribution in [3.63, 3.8) is 0 Å². The molecule has 0 saturated heterocycles. The molecule has 0 spiro atoms. The summed E-state index contributed by atoms with van der Waals surface area (Å²) in [5.41, 5.74) is 1.33. The number of methoxy groups -OCH3 is 1. The van der Waals surface area contributed by atoms with Crippen LogP contribution in [0.4, 0.5) is 5.69 Å². The Bertz CT molecular complexity index is 646. The first-order chi connectivity index (χ1) is 9.04. The molecule has 2 rings (SSSR count). The highest BCUT2D eigenvalue weighted by molar-refractivity contribution is 6.31. The van der Waals surface area contributed by atoms with Crippen LogP contribution in [0.1, 0.15) is 5.56 Å². The molecule has 0 radical (unpaired) electrons. The number of rotatable bonds is 3. The van der Waals surface area contributed by atoms with Crippen molar-refractivity contribution in [3.05, 3.63) is 45.4 Å². The van der Waals surface area contributed by atoms with Crippen molar-refractivity contribution in [2.75, 3.05) is 7.11 Å². The SMILES string of the molecule is COc1ccc(-c2ncnc(Cl)c2[N+](=O)[O-])c(C)c1. The maximum absolute atomic E-state index is 11.1. The number of aromatic nitrogens is 2. The van der Waals surface area contributed by atoms with E-state index in [1.54, 1.807) is 25.3 Å². The molecule has 0 N–H and O–H groups in total. The number of nitro groups is 1. The molecule has 0 fully saturated rings. The molecule has 6 nitrogen and oxygen atoms in total. The van der Waals surface area contributed by atoms with Crippen LogP contribution in [0.15, 0.2) is 24.5 Å². The molecule has 0 aliphatic rings. The Hall–Kier alpha value is -2.21. The van der Waals surface area contributed by atoms with Gasteiger partial charge in [0.1, 0.15) is 12.1 Å². The Balaban J connectivity index is 2.65. The van der Waals surface area contributed by atoms with Gasteiger partial charge in [0.05, 0.1) is 12.0 Å². The zero-order valence-electron chi connectivity index (χ0n) is 10.3. The summed E-state index contributed by atoms with van der Waals surface area (Å²) in [5, 5.41) is 10.9. The minimum atomic E-state index is -0.582. The van der Waals surface area contributed by atoms with Crippen molar-refractivity contribution in [1.82, 2.24) is 9.97 Å². The Kier molecular flexibility index (Phi) is 3.62. The summed E-state index contributed by atoms with van der Waals surface area (Å²) in [6.07, 6.45) is 1.20. The van der Waals surface area contributed by atoms with Gasteiger partial charge in [-0.2, -0.15) is 0 Å². The Morgan fingerprint density at radius 3 is 2.68 bits per heavy atom. The van der Waals surface area contributed by atoms with Crippen molar-refractivity contribution in [3.8, 4) is 17.0 Å². The third-order valence-electron chi connectivity index (χ3n) is 2.65. The molecule has 0 atom stereocenters. The maximum Gasteiger partial charge on any atom is 0.332 e. The lowest BCUT2D eigenvalue weighted by molar-refractivity contribution is -0.384. The largest absolute Gasteiger partial charge is 0.497 e. The quantitative estimate of drug-likeness (QED) is 0.490. The smallest absolute Gasteiger partial charge is 0.332 e. The Morgan fingerprint density at radius 2 is 2.11 bits per heavy atom.